The smallest absolute Gasteiger partial charge is 0.149 e. The molecule has 0 fully saturated rings. The van der Waals surface area contributed by atoms with Crippen LogP contribution in [0.5, 0.6) is 5.75 Å². The number of aromatic hydroxyl groups is 1. The van der Waals surface area contributed by atoms with Crippen LogP contribution in [-0.2, 0) is 21.7 Å². The van der Waals surface area contributed by atoms with Crippen molar-refractivity contribution in [1.29, 1.82) is 0 Å². The second kappa shape index (κ2) is 16.1. The number of aromatic nitrogens is 3. The lowest BCUT2D eigenvalue weighted by molar-refractivity contribution is 0.446. The van der Waals surface area contributed by atoms with Crippen LogP contribution in [0.2, 0.25) is 0 Å². The van der Waals surface area contributed by atoms with Crippen LogP contribution >= 0.6 is 0 Å². The van der Waals surface area contributed by atoms with Crippen molar-refractivity contribution in [3.63, 3.8) is 0 Å². The number of imidazole rings is 1. The molecule has 8 aromatic rings. The molecule has 0 amide bonds. The summed E-state index contributed by atoms with van der Waals surface area (Å²) in [4.78, 5) is 10.6. The Labute approximate surface area is 389 Å². The zero-order chi connectivity index (χ0) is 50.4. The van der Waals surface area contributed by atoms with Gasteiger partial charge in [0.25, 0.3) is 0 Å². The average molecular weight is 849 g/mol. The Balaban J connectivity index is 1.47. The molecular formula is C60H65N3O. The molecule has 4 heteroatoms. The van der Waals surface area contributed by atoms with E-state index in [0.29, 0.717) is 17.0 Å². The molecule has 326 valence electrons. The molecule has 64 heavy (non-hydrogen) atoms. The normalized spacial score (nSPS) is 13.7. The first-order valence-corrected chi connectivity index (χ1v) is 22.4. The van der Waals surface area contributed by atoms with Gasteiger partial charge in [-0.2, -0.15) is 0 Å². The number of benzene rings is 6. The molecule has 0 unspecified atom stereocenters. The van der Waals surface area contributed by atoms with Crippen molar-refractivity contribution in [3.8, 4) is 67.5 Å². The first kappa shape index (κ1) is 38.2. The molecule has 6 aromatic carbocycles. The number of fused-ring (bicyclic) bond motifs is 1. The van der Waals surface area contributed by atoms with E-state index < -0.39 is 16.9 Å². The molecule has 0 saturated heterocycles. The fourth-order valence-corrected chi connectivity index (χ4v) is 8.83. The van der Waals surface area contributed by atoms with E-state index in [-0.39, 0.29) is 46.3 Å². The van der Waals surface area contributed by atoms with E-state index in [1.807, 2.05) is 24.4 Å². The fourth-order valence-electron chi connectivity index (χ4n) is 8.83. The molecule has 2 heterocycles. The third-order valence-corrected chi connectivity index (χ3v) is 12.5. The molecule has 0 atom stereocenters. The fraction of sp³-hybridized carbons (Fsp3) is 0.300. The van der Waals surface area contributed by atoms with Crippen molar-refractivity contribution in [2.75, 3.05) is 0 Å². The number of hydrogen-bond acceptors (Lipinski definition) is 3. The van der Waals surface area contributed by atoms with E-state index in [1.54, 1.807) is 0 Å². The minimum atomic E-state index is -0.510. The highest BCUT2D eigenvalue weighted by molar-refractivity contribution is 5.97. The molecule has 0 aliphatic heterocycles. The monoisotopic (exact) mass is 849 g/mol. The summed E-state index contributed by atoms with van der Waals surface area (Å²) in [5, 5.41) is 12.6. The molecule has 2 aromatic heterocycles. The van der Waals surface area contributed by atoms with E-state index in [9.17, 15) is 5.11 Å². The molecular weight excluding hydrogens is 779 g/mol. The third kappa shape index (κ3) is 8.43. The Bertz CT molecular complexity index is 3300. The SMILES string of the molecule is [2H]c1c([2H])c([2H])c(-c2ccc(-n3c(-c4cc(C(C)(C)C)cc(C(C)(C)C)c4O)nc4c(-c5cc(-c6cc(-c7c(C)cccc7C)ccn6)cc(C(C)(C)C)c5)cccc43)c(C(C)(C)C)c2)c([2H])c1[2H]. The van der Waals surface area contributed by atoms with Crippen molar-refractivity contribution in [3.05, 3.63) is 167 Å². The molecule has 0 bridgehead atoms. The highest BCUT2D eigenvalue weighted by atomic mass is 16.3. The number of pyridine rings is 1. The Morgan fingerprint density at radius 2 is 1.16 bits per heavy atom. The van der Waals surface area contributed by atoms with E-state index in [4.69, 9.17) is 16.8 Å². The summed E-state index contributed by atoms with van der Waals surface area (Å²) in [6.45, 7) is 30.2. The van der Waals surface area contributed by atoms with Crippen molar-refractivity contribution >= 4 is 11.0 Å². The summed E-state index contributed by atoms with van der Waals surface area (Å²) < 4.78 is 45.2. The molecule has 0 saturated carbocycles. The van der Waals surface area contributed by atoms with E-state index >= 15 is 0 Å². The lowest BCUT2D eigenvalue weighted by Crippen LogP contribution is -2.18. The van der Waals surface area contributed by atoms with Crippen molar-refractivity contribution < 1.29 is 12.0 Å². The highest BCUT2D eigenvalue weighted by Gasteiger charge is 2.31. The number of phenols is 1. The molecule has 8 rings (SSSR count). The zero-order valence-electron chi connectivity index (χ0n) is 45.1. The van der Waals surface area contributed by atoms with Crippen LogP contribution in [0.3, 0.4) is 0 Å². The minimum Gasteiger partial charge on any atom is -0.507 e. The number of para-hydroxylation sites is 1. The van der Waals surface area contributed by atoms with Crippen LogP contribution in [0.25, 0.3) is 72.7 Å². The summed E-state index contributed by atoms with van der Waals surface area (Å²) in [6, 6.07) is 31.9. The predicted molar refractivity (Wildman–Crippen MR) is 272 cm³/mol. The average Bonchev–Trinajstić information content (AvgIpc) is 3.66. The zero-order valence-corrected chi connectivity index (χ0v) is 40.1. The summed E-state index contributed by atoms with van der Waals surface area (Å²) in [6.07, 6.45) is 1.90. The lowest BCUT2D eigenvalue weighted by Gasteiger charge is -2.28. The molecule has 1 N–H and O–H groups in total. The second-order valence-electron chi connectivity index (χ2n) is 21.6. The molecule has 0 spiro atoms. The topological polar surface area (TPSA) is 50.9 Å². The Hall–Kier alpha value is -6.26. The van der Waals surface area contributed by atoms with Gasteiger partial charge in [0.1, 0.15) is 11.6 Å². The summed E-state index contributed by atoms with van der Waals surface area (Å²) in [7, 11) is 0. The van der Waals surface area contributed by atoms with Gasteiger partial charge in [0.2, 0.25) is 0 Å². The third-order valence-electron chi connectivity index (χ3n) is 12.5. The van der Waals surface area contributed by atoms with Gasteiger partial charge in [0, 0.05) is 22.9 Å². The van der Waals surface area contributed by atoms with Gasteiger partial charge in [0.05, 0.1) is 34.8 Å². The van der Waals surface area contributed by atoms with Crippen LogP contribution in [0.15, 0.2) is 133 Å². The van der Waals surface area contributed by atoms with Crippen LogP contribution in [0.1, 0.15) is 123 Å². The van der Waals surface area contributed by atoms with Gasteiger partial charge >= 0.3 is 0 Å². The Morgan fingerprint density at radius 3 is 1.80 bits per heavy atom. The summed E-state index contributed by atoms with van der Waals surface area (Å²) in [5.41, 5.74) is 14.6. The van der Waals surface area contributed by atoms with E-state index in [1.165, 1.54) is 16.7 Å². The first-order valence-electron chi connectivity index (χ1n) is 24.9. The van der Waals surface area contributed by atoms with Gasteiger partial charge in [-0.3, -0.25) is 9.55 Å². The maximum atomic E-state index is 12.6. The molecule has 0 aliphatic rings. The van der Waals surface area contributed by atoms with Crippen LogP contribution in [0, 0.1) is 13.8 Å². The largest absolute Gasteiger partial charge is 0.507 e. The number of phenolic OH excluding ortho intramolecular Hbond substituents is 1. The maximum Gasteiger partial charge on any atom is 0.149 e. The number of aryl methyl sites for hydroxylation is 2. The Morgan fingerprint density at radius 1 is 0.531 bits per heavy atom. The van der Waals surface area contributed by atoms with Gasteiger partial charge in [-0.1, -0.05) is 162 Å². The maximum absolute atomic E-state index is 12.6. The van der Waals surface area contributed by atoms with Crippen molar-refractivity contribution in [1.82, 2.24) is 14.5 Å². The lowest BCUT2D eigenvalue weighted by atomic mass is 9.78. The number of nitrogens with zero attached hydrogens (tertiary/aromatic N) is 3. The van der Waals surface area contributed by atoms with Gasteiger partial charge in [0.15, 0.2) is 0 Å². The standard InChI is InChI=1S/C60H65N3O/c1-37-20-18-21-38(2)53(37)41-28-29-61-50(34-41)43-30-42(31-44(32-43)57(3,4)5)46-24-19-25-52-54(46)62-56(47-35-45(58(6,7)8)36-49(55(47)64)60(12,13)14)63(52)51-27-26-40(33-48(51)59(9,10)11)39-22-16-15-17-23-39/h15-36,64H,1-14H3/i15D,16D,17D,22D,23D. The summed E-state index contributed by atoms with van der Waals surface area (Å²) in [5.74, 6) is 0.719. The van der Waals surface area contributed by atoms with Gasteiger partial charge in [-0.05, 0) is 140 Å². The minimum absolute atomic E-state index is 0.144. The van der Waals surface area contributed by atoms with Crippen LogP contribution < -0.4 is 0 Å². The first-order chi connectivity index (χ1) is 32.1. The van der Waals surface area contributed by atoms with Crippen molar-refractivity contribution in [2.45, 2.75) is 119 Å². The predicted octanol–water partition coefficient (Wildman–Crippen LogP) is 16.3. The van der Waals surface area contributed by atoms with Crippen molar-refractivity contribution in [2.24, 2.45) is 0 Å². The van der Waals surface area contributed by atoms with E-state index in [0.717, 1.165) is 66.9 Å². The van der Waals surface area contributed by atoms with Gasteiger partial charge in [-0.25, -0.2) is 4.98 Å². The second-order valence-corrected chi connectivity index (χ2v) is 21.6. The number of hydrogen-bond donors (Lipinski definition) is 1. The molecule has 0 aliphatic carbocycles. The quantitative estimate of drug-likeness (QED) is 0.181. The number of rotatable bonds is 6. The summed E-state index contributed by atoms with van der Waals surface area (Å²) >= 11 is 0. The van der Waals surface area contributed by atoms with Crippen LogP contribution in [-0.4, -0.2) is 19.6 Å². The van der Waals surface area contributed by atoms with Crippen LogP contribution in [0.4, 0.5) is 0 Å². The Kier molecular flexibility index (Phi) is 9.60. The molecule has 0 radical (unpaired) electrons. The van der Waals surface area contributed by atoms with Gasteiger partial charge in [-0.15, -0.1) is 0 Å². The van der Waals surface area contributed by atoms with Gasteiger partial charge < -0.3 is 5.11 Å². The highest BCUT2D eigenvalue weighted by Crippen LogP contribution is 2.46. The molecule has 4 nitrogen and oxygen atoms in total. The van der Waals surface area contributed by atoms with E-state index in [2.05, 4.69) is 180 Å².